The van der Waals surface area contributed by atoms with Gasteiger partial charge in [0.05, 0.1) is 18.8 Å². The third-order valence-electron chi connectivity index (χ3n) is 3.74. The zero-order valence-electron chi connectivity index (χ0n) is 11.8. The van der Waals surface area contributed by atoms with Gasteiger partial charge in [0.1, 0.15) is 0 Å². The summed E-state index contributed by atoms with van der Waals surface area (Å²) in [6, 6.07) is 0.451. The Kier molecular flexibility index (Phi) is 4.52. The average molecular weight is 272 g/mol. The van der Waals surface area contributed by atoms with Gasteiger partial charge in [-0.25, -0.2) is 8.78 Å². The summed E-state index contributed by atoms with van der Waals surface area (Å²) in [6.45, 7) is 6.44. The number of aryl methyl sites for hydroxylation is 1. The number of hydrogen-bond donors (Lipinski definition) is 0. The molecule has 0 aromatic carbocycles. The molecule has 0 spiro atoms. The summed E-state index contributed by atoms with van der Waals surface area (Å²) in [4.78, 5) is 4.21. The van der Waals surface area contributed by atoms with Gasteiger partial charge in [0.15, 0.2) is 0 Å². The first-order chi connectivity index (χ1) is 8.97. The highest BCUT2D eigenvalue weighted by Crippen LogP contribution is 2.26. The average Bonchev–Trinajstić information content (AvgIpc) is 2.75. The van der Waals surface area contributed by atoms with Crippen LogP contribution in [0.5, 0.6) is 0 Å². The molecule has 0 aliphatic carbocycles. The van der Waals surface area contributed by atoms with Gasteiger partial charge in [0, 0.05) is 44.5 Å². The van der Waals surface area contributed by atoms with E-state index in [1.807, 2.05) is 18.1 Å². The van der Waals surface area contributed by atoms with Gasteiger partial charge in [-0.15, -0.1) is 0 Å². The van der Waals surface area contributed by atoms with Gasteiger partial charge in [-0.05, 0) is 13.8 Å². The second kappa shape index (κ2) is 5.96. The number of piperazine rings is 1. The molecular weight excluding hydrogens is 250 g/mol. The van der Waals surface area contributed by atoms with Crippen molar-refractivity contribution in [3.05, 3.63) is 18.0 Å². The molecule has 1 aromatic rings. The monoisotopic (exact) mass is 272 g/mol. The van der Waals surface area contributed by atoms with Gasteiger partial charge >= 0.3 is 0 Å². The van der Waals surface area contributed by atoms with Gasteiger partial charge in [0.2, 0.25) is 0 Å². The fourth-order valence-corrected chi connectivity index (χ4v) is 2.63. The first kappa shape index (κ1) is 14.4. The molecule has 2 rings (SSSR count). The SMILES string of the molecule is CC(C)N1CCN(CC(F)F)C(c2cnn(C)c2)C1. The first-order valence-electron chi connectivity index (χ1n) is 6.72. The lowest BCUT2D eigenvalue weighted by Crippen LogP contribution is -2.51. The lowest BCUT2D eigenvalue weighted by atomic mass is 10.0. The highest BCUT2D eigenvalue weighted by molar-refractivity contribution is 5.12. The van der Waals surface area contributed by atoms with Gasteiger partial charge in [-0.1, -0.05) is 0 Å². The van der Waals surface area contributed by atoms with Crippen molar-refractivity contribution >= 4 is 0 Å². The molecular formula is C13H22F2N4. The van der Waals surface area contributed by atoms with Crippen LogP contribution in [0.25, 0.3) is 0 Å². The molecule has 108 valence electrons. The molecule has 0 N–H and O–H groups in total. The zero-order valence-corrected chi connectivity index (χ0v) is 11.8. The highest BCUT2D eigenvalue weighted by Gasteiger charge is 2.31. The van der Waals surface area contributed by atoms with Gasteiger partial charge < -0.3 is 0 Å². The van der Waals surface area contributed by atoms with Crippen LogP contribution >= 0.6 is 0 Å². The summed E-state index contributed by atoms with van der Waals surface area (Å²) >= 11 is 0. The number of halogens is 2. The van der Waals surface area contributed by atoms with E-state index in [2.05, 4.69) is 23.8 Å². The highest BCUT2D eigenvalue weighted by atomic mass is 19.3. The number of rotatable bonds is 4. The predicted octanol–water partition coefficient (Wildman–Crippen LogP) is 1.75. The van der Waals surface area contributed by atoms with Crippen LogP contribution in [-0.4, -0.2) is 58.2 Å². The summed E-state index contributed by atoms with van der Waals surface area (Å²) in [7, 11) is 1.85. The van der Waals surface area contributed by atoms with Crippen LogP contribution in [0.2, 0.25) is 0 Å². The van der Waals surface area contributed by atoms with Crippen molar-refractivity contribution < 1.29 is 8.78 Å². The largest absolute Gasteiger partial charge is 0.298 e. The van der Waals surface area contributed by atoms with E-state index in [1.54, 1.807) is 10.9 Å². The van der Waals surface area contributed by atoms with Gasteiger partial charge in [-0.2, -0.15) is 5.10 Å². The molecule has 1 aromatic heterocycles. The minimum absolute atomic E-state index is 0.0128. The first-order valence-corrected chi connectivity index (χ1v) is 6.72. The topological polar surface area (TPSA) is 24.3 Å². The van der Waals surface area contributed by atoms with Crippen molar-refractivity contribution in [3.63, 3.8) is 0 Å². The normalized spacial score (nSPS) is 22.6. The van der Waals surface area contributed by atoms with E-state index in [-0.39, 0.29) is 12.6 Å². The van der Waals surface area contributed by atoms with E-state index >= 15 is 0 Å². The molecule has 1 aliphatic heterocycles. The van der Waals surface area contributed by atoms with Crippen molar-refractivity contribution in [2.45, 2.75) is 32.4 Å². The Bertz CT molecular complexity index is 405. The maximum atomic E-state index is 12.7. The van der Waals surface area contributed by atoms with E-state index in [0.29, 0.717) is 12.6 Å². The van der Waals surface area contributed by atoms with Crippen LogP contribution in [-0.2, 0) is 7.05 Å². The maximum absolute atomic E-state index is 12.7. The molecule has 2 heterocycles. The summed E-state index contributed by atoms with van der Waals surface area (Å²) in [5.41, 5.74) is 1.02. The van der Waals surface area contributed by atoms with Crippen LogP contribution in [0.3, 0.4) is 0 Å². The third-order valence-corrected chi connectivity index (χ3v) is 3.74. The zero-order chi connectivity index (χ0) is 14.0. The molecule has 0 amide bonds. The minimum Gasteiger partial charge on any atom is -0.298 e. The Balaban J connectivity index is 2.15. The number of aromatic nitrogens is 2. The molecule has 6 heteroatoms. The molecule has 1 saturated heterocycles. The molecule has 1 aliphatic rings. The minimum atomic E-state index is -2.29. The molecule has 19 heavy (non-hydrogen) atoms. The third kappa shape index (κ3) is 3.51. The number of nitrogens with zero attached hydrogens (tertiary/aromatic N) is 4. The fourth-order valence-electron chi connectivity index (χ4n) is 2.63. The number of alkyl halides is 2. The molecule has 1 unspecified atom stereocenters. The Morgan fingerprint density at radius 2 is 2.11 bits per heavy atom. The second-order valence-electron chi connectivity index (χ2n) is 5.44. The second-order valence-corrected chi connectivity index (χ2v) is 5.44. The van der Waals surface area contributed by atoms with E-state index in [0.717, 1.165) is 18.7 Å². The van der Waals surface area contributed by atoms with Crippen LogP contribution in [0.15, 0.2) is 12.4 Å². The molecule has 1 atom stereocenters. The van der Waals surface area contributed by atoms with Crippen molar-refractivity contribution in [3.8, 4) is 0 Å². The predicted molar refractivity (Wildman–Crippen MR) is 70.2 cm³/mol. The summed E-state index contributed by atoms with van der Waals surface area (Å²) < 4.78 is 27.1. The summed E-state index contributed by atoms with van der Waals surface area (Å²) in [5.74, 6) is 0. The Labute approximate surface area is 113 Å². The van der Waals surface area contributed by atoms with Gasteiger partial charge in [-0.3, -0.25) is 14.5 Å². The van der Waals surface area contributed by atoms with E-state index in [9.17, 15) is 8.78 Å². The van der Waals surface area contributed by atoms with Crippen LogP contribution < -0.4 is 0 Å². The Hall–Kier alpha value is -1.01. The van der Waals surface area contributed by atoms with E-state index in [4.69, 9.17) is 0 Å². The number of hydrogen-bond acceptors (Lipinski definition) is 3. The lowest BCUT2D eigenvalue weighted by Gasteiger charge is -2.42. The molecule has 0 radical (unpaired) electrons. The van der Waals surface area contributed by atoms with E-state index < -0.39 is 6.43 Å². The molecule has 0 saturated carbocycles. The smallest absolute Gasteiger partial charge is 0.251 e. The quantitative estimate of drug-likeness (QED) is 0.834. The maximum Gasteiger partial charge on any atom is 0.251 e. The van der Waals surface area contributed by atoms with Crippen molar-refractivity contribution in [1.29, 1.82) is 0 Å². The van der Waals surface area contributed by atoms with Crippen molar-refractivity contribution in [1.82, 2.24) is 19.6 Å². The Morgan fingerprint density at radius 3 is 2.63 bits per heavy atom. The Morgan fingerprint density at radius 1 is 1.37 bits per heavy atom. The van der Waals surface area contributed by atoms with Gasteiger partial charge in [0.25, 0.3) is 6.43 Å². The summed E-state index contributed by atoms with van der Waals surface area (Å²) in [6.07, 6.45) is 1.42. The standard InChI is InChI=1S/C13H22F2N4/c1-10(2)18-4-5-19(9-13(14)15)12(8-18)11-6-16-17(3)7-11/h6-7,10,12-13H,4-5,8-9H2,1-3H3. The molecule has 1 fully saturated rings. The van der Waals surface area contributed by atoms with Crippen molar-refractivity contribution in [2.75, 3.05) is 26.2 Å². The molecule has 4 nitrogen and oxygen atoms in total. The fraction of sp³-hybridized carbons (Fsp3) is 0.769. The summed E-state index contributed by atoms with van der Waals surface area (Å²) in [5, 5.41) is 4.16. The van der Waals surface area contributed by atoms with Crippen LogP contribution in [0, 0.1) is 0 Å². The molecule has 0 bridgehead atoms. The lowest BCUT2D eigenvalue weighted by molar-refractivity contribution is 0.0109. The van der Waals surface area contributed by atoms with Crippen LogP contribution in [0.1, 0.15) is 25.5 Å². The van der Waals surface area contributed by atoms with Crippen molar-refractivity contribution in [2.24, 2.45) is 7.05 Å². The van der Waals surface area contributed by atoms with E-state index in [1.165, 1.54) is 0 Å². The van der Waals surface area contributed by atoms with Crippen LogP contribution in [0.4, 0.5) is 8.78 Å².